The maximum Gasteiger partial charge on any atom is 0.275 e. The van der Waals surface area contributed by atoms with E-state index in [0.717, 1.165) is 42.9 Å². The number of benzene rings is 1. The van der Waals surface area contributed by atoms with E-state index < -0.39 is 0 Å². The molecule has 0 radical (unpaired) electrons. The minimum Gasteiger partial charge on any atom is -0.493 e. The molecule has 1 aliphatic carbocycles. The first-order chi connectivity index (χ1) is 15.1. The Balaban J connectivity index is 1.55. The average molecular weight is 422 g/mol. The normalized spacial score (nSPS) is 20.2. The Morgan fingerprint density at radius 3 is 2.52 bits per heavy atom. The van der Waals surface area contributed by atoms with Gasteiger partial charge in [-0.1, -0.05) is 12.8 Å². The first kappa shape index (κ1) is 19.6. The van der Waals surface area contributed by atoms with E-state index in [1.807, 2.05) is 30.1 Å². The van der Waals surface area contributed by atoms with Crippen LogP contribution in [0.2, 0.25) is 0 Å². The second-order valence-electron chi connectivity index (χ2n) is 8.11. The van der Waals surface area contributed by atoms with Gasteiger partial charge in [0.25, 0.3) is 5.91 Å². The molecule has 1 amide bonds. The summed E-state index contributed by atoms with van der Waals surface area (Å²) in [7, 11) is 5.07. The lowest BCUT2D eigenvalue weighted by atomic mass is 9.87. The first-order valence-electron chi connectivity index (χ1n) is 10.6. The van der Waals surface area contributed by atoms with E-state index in [4.69, 9.17) is 9.47 Å². The van der Waals surface area contributed by atoms with Gasteiger partial charge in [-0.2, -0.15) is 5.10 Å². The largest absolute Gasteiger partial charge is 0.493 e. The molecule has 1 saturated carbocycles. The molecule has 1 aromatic carbocycles. The smallest absolute Gasteiger partial charge is 0.275 e. The molecule has 3 heterocycles. The lowest BCUT2D eigenvalue weighted by molar-refractivity contribution is 0.0414. The maximum absolute atomic E-state index is 13.3. The SMILES string of the molecule is COc1ccc(-c2nnc3n2C2CCCCC2N(C(=O)c2ccn(C)n2)C3)cc1OC. The molecule has 2 atom stereocenters. The number of nitrogens with zero attached hydrogens (tertiary/aromatic N) is 6. The molecule has 2 unspecified atom stereocenters. The Labute approximate surface area is 180 Å². The third kappa shape index (κ3) is 3.24. The highest BCUT2D eigenvalue weighted by molar-refractivity contribution is 5.92. The van der Waals surface area contributed by atoms with Crippen LogP contribution >= 0.6 is 0 Å². The molecule has 0 spiro atoms. The van der Waals surface area contributed by atoms with Crippen LogP contribution in [0.4, 0.5) is 0 Å². The Bertz CT molecular complexity index is 1120. The van der Waals surface area contributed by atoms with Crippen LogP contribution in [0.25, 0.3) is 11.4 Å². The van der Waals surface area contributed by atoms with Gasteiger partial charge in [0.2, 0.25) is 0 Å². The van der Waals surface area contributed by atoms with Crippen molar-refractivity contribution in [1.82, 2.24) is 29.4 Å². The van der Waals surface area contributed by atoms with Crippen molar-refractivity contribution in [2.75, 3.05) is 14.2 Å². The standard InChI is InChI=1S/C22H26N6O3/c1-26-11-10-15(25-26)22(29)27-13-20-23-24-21(28(20)17-7-5-4-6-16(17)27)14-8-9-18(30-2)19(12-14)31-3/h8-12,16-17H,4-7,13H2,1-3H3. The van der Waals surface area contributed by atoms with Crippen molar-refractivity contribution in [1.29, 1.82) is 0 Å². The van der Waals surface area contributed by atoms with Gasteiger partial charge in [-0.15, -0.1) is 10.2 Å². The molecule has 0 saturated heterocycles. The summed E-state index contributed by atoms with van der Waals surface area (Å²) in [6.45, 7) is 0.427. The van der Waals surface area contributed by atoms with Crippen LogP contribution in [0.15, 0.2) is 30.5 Å². The number of methoxy groups -OCH3 is 2. The van der Waals surface area contributed by atoms with E-state index in [1.54, 1.807) is 31.2 Å². The number of hydrogen-bond donors (Lipinski definition) is 0. The van der Waals surface area contributed by atoms with Gasteiger partial charge in [0.1, 0.15) is 5.69 Å². The van der Waals surface area contributed by atoms with Crippen molar-refractivity contribution in [2.24, 2.45) is 7.05 Å². The maximum atomic E-state index is 13.3. The minimum atomic E-state index is -0.0422. The number of amides is 1. The molecule has 1 aliphatic heterocycles. The predicted octanol–water partition coefficient (Wildman–Crippen LogP) is 2.84. The lowest BCUT2D eigenvalue weighted by Gasteiger charge is -2.44. The summed E-state index contributed by atoms with van der Waals surface area (Å²) in [5, 5.41) is 13.3. The van der Waals surface area contributed by atoms with E-state index >= 15 is 0 Å². The highest BCUT2D eigenvalue weighted by Crippen LogP contribution is 2.41. The van der Waals surface area contributed by atoms with Crippen LogP contribution in [0.1, 0.15) is 48.0 Å². The zero-order valence-corrected chi connectivity index (χ0v) is 18.0. The van der Waals surface area contributed by atoms with Crippen molar-refractivity contribution in [3.63, 3.8) is 0 Å². The molecular weight excluding hydrogens is 396 g/mol. The summed E-state index contributed by atoms with van der Waals surface area (Å²) in [6.07, 6.45) is 5.98. The topological polar surface area (TPSA) is 87.3 Å². The van der Waals surface area contributed by atoms with Gasteiger partial charge in [0.15, 0.2) is 23.1 Å². The van der Waals surface area contributed by atoms with Crippen molar-refractivity contribution in [2.45, 2.75) is 44.3 Å². The van der Waals surface area contributed by atoms with Crippen molar-refractivity contribution >= 4 is 5.91 Å². The van der Waals surface area contributed by atoms with E-state index in [1.165, 1.54) is 0 Å². The Kier molecular flexibility index (Phi) is 4.88. The van der Waals surface area contributed by atoms with Crippen molar-refractivity contribution in [3.05, 3.63) is 42.0 Å². The van der Waals surface area contributed by atoms with Gasteiger partial charge < -0.3 is 18.9 Å². The van der Waals surface area contributed by atoms with Crippen LogP contribution in [0.3, 0.4) is 0 Å². The molecule has 5 rings (SSSR count). The second kappa shape index (κ2) is 7.72. The summed E-state index contributed by atoms with van der Waals surface area (Å²) in [4.78, 5) is 15.2. The van der Waals surface area contributed by atoms with Gasteiger partial charge in [0.05, 0.1) is 32.8 Å². The monoisotopic (exact) mass is 422 g/mol. The van der Waals surface area contributed by atoms with Crippen LogP contribution < -0.4 is 9.47 Å². The zero-order chi connectivity index (χ0) is 21.5. The number of rotatable bonds is 4. The van der Waals surface area contributed by atoms with Crippen LogP contribution in [0, 0.1) is 0 Å². The van der Waals surface area contributed by atoms with Gasteiger partial charge >= 0.3 is 0 Å². The summed E-state index contributed by atoms with van der Waals surface area (Å²) < 4.78 is 14.7. The predicted molar refractivity (Wildman–Crippen MR) is 113 cm³/mol. The molecule has 9 heteroatoms. The number of carbonyl (C=O) groups is 1. The Morgan fingerprint density at radius 2 is 1.81 bits per heavy atom. The highest BCUT2D eigenvalue weighted by Gasteiger charge is 2.42. The molecule has 9 nitrogen and oxygen atoms in total. The van der Waals surface area contributed by atoms with Crippen molar-refractivity contribution in [3.8, 4) is 22.9 Å². The molecule has 0 bridgehead atoms. The van der Waals surface area contributed by atoms with E-state index in [0.29, 0.717) is 23.7 Å². The molecule has 3 aromatic rings. The zero-order valence-electron chi connectivity index (χ0n) is 18.0. The average Bonchev–Trinajstić information content (AvgIpc) is 3.44. The Hall–Kier alpha value is -3.36. The lowest BCUT2D eigenvalue weighted by Crippen LogP contribution is -2.50. The van der Waals surface area contributed by atoms with E-state index in [-0.39, 0.29) is 18.0 Å². The van der Waals surface area contributed by atoms with Gasteiger partial charge in [-0.05, 0) is 37.1 Å². The molecular formula is C22H26N6O3. The fourth-order valence-electron chi connectivity index (χ4n) is 4.88. The summed E-state index contributed by atoms with van der Waals surface area (Å²) >= 11 is 0. The molecule has 2 aliphatic rings. The van der Waals surface area contributed by atoms with Crippen LogP contribution in [-0.2, 0) is 13.6 Å². The van der Waals surface area contributed by atoms with Gasteiger partial charge in [-0.25, -0.2) is 0 Å². The fraction of sp³-hybridized carbons (Fsp3) is 0.455. The van der Waals surface area contributed by atoms with Crippen LogP contribution in [0.5, 0.6) is 11.5 Å². The summed E-state index contributed by atoms with van der Waals surface area (Å²) in [5.41, 5.74) is 1.39. The molecule has 1 fully saturated rings. The molecule has 162 valence electrons. The third-order valence-corrected chi connectivity index (χ3v) is 6.34. The number of aryl methyl sites for hydroxylation is 1. The quantitative estimate of drug-likeness (QED) is 0.643. The van der Waals surface area contributed by atoms with Gasteiger partial charge in [-0.3, -0.25) is 9.48 Å². The number of carbonyl (C=O) groups excluding carboxylic acids is 1. The number of fused-ring (bicyclic) bond motifs is 3. The molecule has 2 aromatic heterocycles. The minimum absolute atomic E-state index is 0.0422. The van der Waals surface area contributed by atoms with Crippen LogP contribution in [-0.4, -0.2) is 55.6 Å². The number of ether oxygens (including phenoxy) is 2. The first-order valence-corrected chi connectivity index (χ1v) is 10.6. The second-order valence-corrected chi connectivity index (χ2v) is 8.11. The Morgan fingerprint density at radius 1 is 1.03 bits per heavy atom. The number of aromatic nitrogens is 5. The molecule has 0 N–H and O–H groups in total. The summed E-state index contributed by atoms with van der Waals surface area (Å²) in [5.74, 6) is 2.89. The number of hydrogen-bond acceptors (Lipinski definition) is 6. The van der Waals surface area contributed by atoms with Gasteiger partial charge in [0, 0.05) is 18.8 Å². The van der Waals surface area contributed by atoms with E-state index in [9.17, 15) is 4.79 Å². The fourth-order valence-corrected chi connectivity index (χ4v) is 4.88. The summed E-state index contributed by atoms with van der Waals surface area (Å²) in [6, 6.07) is 7.80. The third-order valence-electron chi connectivity index (χ3n) is 6.34. The van der Waals surface area contributed by atoms with E-state index in [2.05, 4.69) is 19.9 Å². The highest BCUT2D eigenvalue weighted by atomic mass is 16.5. The van der Waals surface area contributed by atoms with Crippen molar-refractivity contribution < 1.29 is 14.3 Å². The molecule has 31 heavy (non-hydrogen) atoms.